The van der Waals surface area contributed by atoms with Gasteiger partial charge in [0.15, 0.2) is 6.39 Å². The van der Waals surface area contributed by atoms with Gasteiger partial charge in [-0.05, 0) is 12.1 Å². The Hall–Kier alpha value is -1.84. The molecular weight excluding hydrogens is 166 g/mol. The molecule has 0 unspecified atom stereocenters. The summed E-state index contributed by atoms with van der Waals surface area (Å²) in [5.74, 6) is 0.838. The van der Waals surface area contributed by atoms with Gasteiger partial charge < -0.3 is 9.73 Å². The molecule has 0 aromatic carbocycles. The Morgan fingerprint density at radius 3 is 3.00 bits per heavy atom. The topological polar surface area (TPSA) is 51.0 Å². The molecule has 0 saturated carbocycles. The number of anilines is 1. The molecule has 0 aliphatic rings. The molecule has 0 spiro atoms. The maximum atomic E-state index is 4.83. The van der Waals surface area contributed by atoms with E-state index in [1.54, 1.807) is 12.5 Å². The smallest absolute Gasteiger partial charge is 0.180 e. The molecule has 2 heterocycles. The van der Waals surface area contributed by atoms with E-state index in [1.807, 2.05) is 18.2 Å². The van der Waals surface area contributed by atoms with Gasteiger partial charge in [-0.3, -0.25) is 0 Å². The van der Waals surface area contributed by atoms with E-state index in [0.29, 0.717) is 6.54 Å². The average molecular weight is 175 g/mol. The zero-order chi connectivity index (χ0) is 8.93. The first-order chi connectivity index (χ1) is 6.45. The number of oxazole rings is 1. The lowest BCUT2D eigenvalue weighted by atomic mass is 10.4. The van der Waals surface area contributed by atoms with Gasteiger partial charge in [-0.1, -0.05) is 6.07 Å². The van der Waals surface area contributed by atoms with Gasteiger partial charge in [0.25, 0.3) is 0 Å². The van der Waals surface area contributed by atoms with Crippen LogP contribution in [-0.2, 0) is 6.54 Å². The van der Waals surface area contributed by atoms with Crippen LogP contribution < -0.4 is 5.32 Å². The van der Waals surface area contributed by atoms with E-state index in [0.717, 1.165) is 11.5 Å². The Kier molecular flexibility index (Phi) is 2.22. The normalized spacial score (nSPS) is 9.85. The minimum absolute atomic E-state index is 0.632. The van der Waals surface area contributed by atoms with E-state index < -0.39 is 0 Å². The SMILES string of the molecule is c1ccc(NCc2cocn2)nc1. The third-order valence-corrected chi connectivity index (χ3v) is 1.60. The molecule has 4 heteroatoms. The van der Waals surface area contributed by atoms with Gasteiger partial charge in [-0.15, -0.1) is 0 Å². The van der Waals surface area contributed by atoms with Crippen LogP contribution in [0.3, 0.4) is 0 Å². The van der Waals surface area contributed by atoms with Gasteiger partial charge in [0.05, 0.1) is 12.2 Å². The van der Waals surface area contributed by atoms with Crippen LogP contribution in [0.2, 0.25) is 0 Å². The molecule has 0 amide bonds. The predicted octanol–water partition coefficient (Wildman–Crippen LogP) is 1.68. The average Bonchev–Trinajstić information content (AvgIpc) is 2.69. The summed E-state index contributed by atoms with van der Waals surface area (Å²) in [7, 11) is 0. The van der Waals surface area contributed by atoms with Crippen molar-refractivity contribution in [3.05, 3.63) is 42.7 Å². The summed E-state index contributed by atoms with van der Waals surface area (Å²) < 4.78 is 4.83. The lowest BCUT2D eigenvalue weighted by Crippen LogP contribution is -2.00. The summed E-state index contributed by atoms with van der Waals surface area (Å²) in [5.41, 5.74) is 0.866. The molecule has 2 rings (SSSR count). The fourth-order valence-electron chi connectivity index (χ4n) is 0.973. The van der Waals surface area contributed by atoms with E-state index >= 15 is 0 Å². The van der Waals surface area contributed by atoms with Crippen molar-refractivity contribution in [3.8, 4) is 0 Å². The molecular formula is C9H9N3O. The molecule has 0 radical (unpaired) electrons. The standard InChI is InChI=1S/C9H9N3O/c1-2-4-10-9(3-1)11-5-8-6-13-7-12-8/h1-4,6-7H,5H2,(H,10,11). The monoisotopic (exact) mass is 175 g/mol. The Bertz CT molecular complexity index is 344. The molecule has 0 aliphatic carbocycles. The number of rotatable bonds is 3. The number of pyridine rings is 1. The van der Waals surface area contributed by atoms with Crippen LogP contribution in [0.1, 0.15) is 5.69 Å². The minimum Gasteiger partial charge on any atom is -0.451 e. The molecule has 2 aromatic rings. The molecule has 13 heavy (non-hydrogen) atoms. The third-order valence-electron chi connectivity index (χ3n) is 1.60. The van der Waals surface area contributed by atoms with Gasteiger partial charge in [0.2, 0.25) is 0 Å². The summed E-state index contributed by atoms with van der Waals surface area (Å²) in [6.45, 7) is 0.632. The number of nitrogens with zero attached hydrogens (tertiary/aromatic N) is 2. The molecule has 0 atom stereocenters. The Balaban J connectivity index is 1.94. The first-order valence-corrected chi connectivity index (χ1v) is 3.97. The molecule has 0 bridgehead atoms. The Morgan fingerprint density at radius 2 is 2.31 bits per heavy atom. The van der Waals surface area contributed by atoms with Crippen molar-refractivity contribution in [1.29, 1.82) is 0 Å². The van der Waals surface area contributed by atoms with Gasteiger partial charge in [0.1, 0.15) is 12.1 Å². The third kappa shape index (κ3) is 2.05. The summed E-state index contributed by atoms with van der Waals surface area (Å²) in [6.07, 6.45) is 4.76. The summed E-state index contributed by atoms with van der Waals surface area (Å²) in [5, 5.41) is 3.11. The zero-order valence-corrected chi connectivity index (χ0v) is 6.97. The van der Waals surface area contributed by atoms with Crippen molar-refractivity contribution in [2.75, 3.05) is 5.32 Å². The van der Waals surface area contributed by atoms with Crippen molar-refractivity contribution < 1.29 is 4.42 Å². The highest BCUT2D eigenvalue weighted by Crippen LogP contribution is 2.02. The van der Waals surface area contributed by atoms with Gasteiger partial charge in [-0.25, -0.2) is 9.97 Å². The van der Waals surface area contributed by atoms with Crippen LogP contribution in [0, 0.1) is 0 Å². The fourth-order valence-corrected chi connectivity index (χ4v) is 0.973. The highest BCUT2D eigenvalue weighted by molar-refractivity contribution is 5.33. The lowest BCUT2D eigenvalue weighted by molar-refractivity contribution is 0.556. The van der Waals surface area contributed by atoms with Crippen molar-refractivity contribution in [2.45, 2.75) is 6.54 Å². The van der Waals surface area contributed by atoms with Crippen LogP contribution in [0.5, 0.6) is 0 Å². The summed E-state index contributed by atoms with van der Waals surface area (Å²) in [6, 6.07) is 5.71. The molecule has 4 nitrogen and oxygen atoms in total. The molecule has 0 saturated heterocycles. The molecule has 0 aliphatic heterocycles. The second-order valence-electron chi connectivity index (χ2n) is 2.55. The second-order valence-corrected chi connectivity index (χ2v) is 2.55. The molecule has 2 aromatic heterocycles. The van der Waals surface area contributed by atoms with Crippen molar-refractivity contribution in [2.24, 2.45) is 0 Å². The van der Waals surface area contributed by atoms with Crippen LogP contribution in [-0.4, -0.2) is 9.97 Å². The number of hydrogen-bond acceptors (Lipinski definition) is 4. The van der Waals surface area contributed by atoms with Crippen molar-refractivity contribution >= 4 is 5.82 Å². The molecule has 66 valence electrons. The number of aromatic nitrogens is 2. The predicted molar refractivity (Wildman–Crippen MR) is 48.1 cm³/mol. The second kappa shape index (κ2) is 3.71. The van der Waals surface area contributed by atoms with Crippen LogP contribution in [0.15, 0.2) is 41.5 Å². The minimum atomic E-state index is 0.632. The molecule has 1 N–H and O–H groups in total. The van der Waals surface area contributed by atoms with Crippen molar-refractivity contribution in [1.82, 2.24) is 9.97 Å². The Morgan fingerprint density at radius 1 is 1.31 bits per heavy atom. The zero-order valence-electron chi connectivity index (χ0n) is 6.97. The van der Waals surface area contributed by atoms with Gasteiger partial charge >= 0.3 is 0 Å². The van der Waals surface area contributed by atoms with E-state index in [4.69, 9.17) is 4.42 Å². The maximum Gasteiger partial charge on any atom is 0.180 e. The van der Waals surface area contributed by atoms with E-state index in [1.165, 1.54) is 6.39 Å². The first-order valence-electron chi connectivity index (χ1n) is 3.97. The van der Waals surface area contributed by atoms with Crippen LogP contribution >= 0.6 is 0 Å². The van der Waals surface area contributed by atoms with E-state index in [2.05, 4.69) is 15.3 Å². The Labute approximate surface area is 75.6 Å². The number of hydrogen-bond donors (Lipinski definition) is 1. The van der Waals surface area contributed by atoms with Crippen LogP contribution in [0.25, 0.3) is 0 Å². The highest BCUT2D eigenvalue weighted by Gasteiger charge is 1.95. The summed E-state index contributed by atoms with van der Waals surface area (Å²) in [4.78, 5) is 8.08. The van der Waals surface area contributed by atoms with E-state index in [9.17, 15) is 0 Å². The maximum absolute atomic E-state index is 4.83. The fraction of sp³-hybridized carbons (Fsp3) is 0.111. The van der Waals surface area contributed by atoms with Crippen molar-refractivity contribution in [3.63, 3.8) is 0 Å². The van der Waals surface area contributed by atoms with Gasteiger partial charge in [0, 0.05) is 6.20 Å². The van der Waals surface area contributed by atoms with E-state index in [-0.39, 0.29) is 0 Å². The van der Waals surface area contributed by atoms with Crippen LogP contribution in [0.4, 0.5) is 5.82 Å². The van der Waals surface area contributed by atoms with Gasteiger partial charge in [-0.2, -0.15) is 0 Å². The largest absolute Gasteiger partial charge is 0.451 e. The lowest BCUT2D eigenvalue weighted by Gasteiger charge is -2.00. The molecule has 0 fully saturated rings. The first kappa shape index (κ1) is 7.79. The highest BCUT2D eigenvalue weighted by atomic mass is 16.3. The number of nitrogens with one attached hydrogen (secondary N) is 1. The summed E-state index contributed by atoms with van der Waals surface area (Å²) >= 11 is 0. The quantitative estimate of drug-likeness (QED) is 0.771.